The molecular weight excluding hydrogens is 299 g/mol. The van der Waals surface area contributed by atoms with Gasteiger partial charge in [-0.05, 0) is 24.6 Å². The van der Waals surface area contributed by atoms with Crippen LogP contribution in [-0.2, 0) is 20.4 Å². The number of ether oxygens (including phenoxy) is 2. The minimum atomic E-state index is -4.49. The SMILES string of the molecule is COC(C)CC1OC(N)=C(c2cccc(C(F)(F)F)c2)C1=O. The number of carbonyl (C=O) groups is 1. The van der Waals surface area contributed by atoms with Crippen molar-refractivity contribution in [1.82, 2.24) is 0 Å². The van der Waals surface area contributed by atoms with Crippen molar-refractivity contribution < 1.29 is 27.4 Å². The summed E-state index contributed by atoms with van der Waals surface area (Å²) in [6.07, 6.45) is -5.28. The van der Waals surface area contributed by atoms with Crippen LogP contribution in [0.5, 0.6) is 0 Å². The molecule has 22 heavy (non-hydrogen) atoms. The van der Waals surface area contributed by atoms with Gasteiger partial charge in [0.05, 0.1) is 17.2 Å². The molecule has 0 amide bonds. The maximum atomic E-state index is 12.8. The van der Waals surface area contributed by atoms with E-state index in [0.717, 1.165) is 12.1 Å². The Balaban J connectivity index is 2.29. The summed E-state index contributed by atoms with van der Waals surface area (Å²) in [5, 5.41) is 0. The number of benzene rings is 1. The van der Waals surface area contributed by atoms with Crippen LogP contribution in [0.1, 0.15) is 24.5 Å². The molecule has 2 rings (SSSR count). The minimum Gasteiger partial charge on any atom is -0.467 e. The Bertz CT molecular complexity index is 610. The van der Waals surface area contributed by atoms with Crippen molar-refractivity contribution >= 4 is 11.4 Å². The van der Waals surface area contributed by atoms with Gasteiger partial charge < -0.3 is 15.2 Å². The summed E-state index contributed by atoms with van der Waals surface area (Å²) in [6.45, 7) is 1.76. The molecular formula is C15H16F3NO3. The molecule has 1 aliphatic rings. The average molecular weight is 315 g/mol. The highest BCUT2D eigenvalue weighted by atomic mass is 19.4. The van der Waals surface area contributed by atoms with E-state index in [1.165, 1.54) is 19.2 Å². The third-order valence-corrected chi connectivity index (χ3v) is 3.48. The number of methoxy groups -OCH3 is 1. The lowest BCUT2D eigenvalue weighted by atomic mass is 9.97. The summed E-state index contributed by atoms with van der Waals surface area (Å²) in [5.74, 6) is -0.585. The molecule has 4 nitrogen and oxygen atoms in total. The molecule has 120 valence electrons. The number of Topliss-reactive ketones (excluding diaryl/α,β-unsaturated/α-hetero) is 1. The largest absolute Gasteiger partial charge is 0.467 e. The van der Waals surface area contributed by atoms with Gasteiger partial charge in [0.25, 0.3) is 0 Å². The lowest BCUT2D eigenvalue weighted by Gasteiger charge is -2.14. The molecule has 7 heteroatoms. The summed E-state index contributed by atoms with van der Waals surface area (Å²) in [4.78, 5) is 12.3. The first-order valence-corrected chi connectivity index (χ1v) is 6.65. The average Bonchev–Trinajstić information content (AvgIpc) is 2.72. The number of hydrogen-bond acceptors (Lipinski definition) is 4. The van der Waals surface area contributed by atoms with Crippen molar-refractivity contribution in [2.24, 2.45) is 5.73 Å². The monoisotopic (exact) mass is 315 g/mol. The number of hydrogen-bond donors (Lipinski definition) is 1. The third kappa shape index (κ3) is 3.24. The van der Waals surface area contributed by atoms with E-state index in [9.17, 15) is 18.0 Å². The van der Waals surface area contributed by atoms with Gasteiger partial charge in [-0.1, -0.05) is 12.1 Å². The fraction of sp³-hybridized carbons (Fsp3) is 0.400. The highest BCUT2D eigenvalue weighted by molar-refractivity contribution is 6.25. The first-order chi connectivity index (χ1) is 10.2. The Morgan fingerprint density at radius 2 is 2.09 bits per heavy atom. The Labute approximate surface area is 125 Å². The fourth-order valence-corrected chi connectivity index (χ4v) is 2.24. The van der Waals surface area contributed by atoms with Crippen LogP contribution in [-0.4, -0.2) is 25.1 Å². The van der Waals surface area contributed by atoms with E-state index in [1.807, 2.05) is 0 Å². The van der Waals surface area contributed by atoms with Crippen LogP contribution >= 0.6 is 0 Å². The van der Waals surface area contributed by atoms with Crippen molar-refractivity contribution in [3.8, 4) is 0 Å². The lowest BCUT2D eigenvalue weighted by Crippen LogP contribution is -2.24. The second kappa shape index (κ2) is 6.00. The van der Waals surface area contributed by atoms with Gasteiger partial charge in [-0.3, -0.25) is 4.79 Å². The predicted octanol–water partition coefficient (Wildman–Crippen LogP) is 2.73. The maximum Gasteiger partial charge on any atom is 0.416 e. The van der Waals surface area contributed by atoms with Gasteiger partial charge in [0.1, 0.15) is 0 Å². The topological polar surface area (TPSA) is 61.6 Å². The molecule has 1 aromatic rings. The second-order valence-electron chi connectivity index (χ2n) is 5.07. The van der Waals surface area contributed by atoms with Crippen LogP contribution in [0.3, 0.4) is 0 Å². The van der Waals surface area contributed by atoms with Crippen LogP contribution in [0.15, 0.2) is 30.1 Å². The van der Waals surface area contributed by atoms with Gasteiger partial charge in [-0.2, -0.15) is 13.2 Å². The van der Waals surface area contributed by atoms with Crippen molar-refractivity contribution in [2.45, 2.75) is 31.7 Å². The number of ketones is 1. The van der Waals surface area contributed by atoms with Crippen LogP contribution in [0.4, 0.5) is 13.2 Å². The fourth-order valence-electron chi connectivity index (χ4n) is 2.24. The van der Waals surface area contributed by atoms with Gasteiger partial charge in [-0.25, -0.2) is 0 Å². The summed E-state index contributed by atoms with van der Waals surface area (Å²) in [7, 11) is 1.49. The van der Waals surface area contributed by atoms with E-state index in [2.05, 4.69) is 0 Å². The molecule has 0 saturated heterocycles. The van der Waals surface area contributed by atoms with E-state index in [0.29, 0.717) is 0 Å². The normalized spacial score (nSPS) is 20.2. The van der Waals surface area contributed by atoms with Crippen molar-refractivity contribution in [3.63, 3.8) is 0 Å². The Kier molecular flexibility index (Phi) is 4.46. The highest BCUT2D eigenvalue weighted by Crippen LogP contribution is 2.34. The standard InChI is InChI=1S/C15H16F3NO3/c1-8(21-2)6-11-13(20)12(14(19)22-11)9-4-3-5-10(7-9)15(16,17)18/h3-5,7-8,11H,6,19H2,1-2H3. The van der Waals surface area contributed by atoms with E-state index < -0.39 is 23.6 Å². The predicted molar refractivity (Wildman–Crippen MR) is 73.5 cm³/mol. The molecule has 0 aromatic heterocycles. The summed E-state index contributed by atoms with van der Waals surface area (Å²) in [6, 6.07) is 4.47. The van der Waals surface area contributed by atoms with Crippen LogP contribution < -0.4 is 5.73 Å². The zero-order chi connectivity index (χ0) is 16.5. The number of halogens is 3. The molecule has 0 saturated carbocycles. The second-order valence-corrected chi connectivity index (χ2v) is 5.07. The van der Waals surface area contributed by atoms with Gasteiger partial charge in [-0.15, -0.1) is 0 Å². The van der Waals surface area contributed by atoms with Crippen LogP contribution in [0.25, 0.3) is 5.57 Å². The van der Waals surface area contributed by atoms with Gasteiger partial charge >= 0.3 is 6.18 Å². The summed E-state index contributed by atoms with van der Waals surface area (Å²) < 4.78 is 48.6. The molecule has 2 unspecified atom stereocenters. The zero-order valence-electron chi connectivity index (χ0n) is 12.1. The molecule has 2 N–H and O–H groups in total. The first kappa shape index (κ1) is 16.4. The molecule has 0 bridgehead atoms. The quantitative estimate of drug-likeness (QED) is 0.928. The van der Waals surface area contributed by atoms with Gasteiger partial charge in [0.2, 0.25) is 5.78 Å². The van der Waals surface area contributed by atoms with E-state index in [-0.39, 0.29) is 29.5 Å². The minimum absolute atomic E-state index is 0.0144. The summed E-state index contributed by atoms with van der Waals surface area (Å²) in [5.41, 5.74) is 4.93. The van der Waals surface area contributed by atoms with E-state index >= 15 is 0 Å². The van der Waals surface area contributed by atoms with Crippen LogP contribution in [0, 0.1) is 0 Å². The molecule has 1 aliphatic heterocycles. The van der Waals surface area contributed by atoms with E-state index in [1.54, 1.807) is 6.92 Å². The molecule has 1 heterocycles. The molecule has 0 aliphatic carbocycles. The third-order valence-electron chi connectivity index (χ3n) is 3.48. The summed E-state index contributed by atoms with van der Waals surface area (Å²) >= 11 is 0. The number of rotatable bonds is 4. The molecule has 2 atom stereocenters. The first-order valence-electron chi connectivity index (χ1n) is 6.65. The van der Waals surface area contributed by atoms with Crippen molar-refractivity contribution in [2.75, 3.05) is 7.11 Å². The maximum absolute atomic E-state index is 12.8. The van der Waals surface area contributed by atoms with Gasteiger partial charge in [0, 0.05) is 13.5 Å². The zero-order valence-corrected chi connectivity index (χ0v) is 12.1. The smallest absolute Gasteiger partial charge is 0.416 e. The molecule has 0 fully saturated rings. The highest BCUT2D eigenvalue weighted by Gasteiger charge is 2.37. The van der Waals surface area contributed by atoms with Crippen LogP contribution in [0.2, 0.25) is 0 Å². The Morgan fingerprint density at radius 1 is 1.41 bits per heavy atom. The van der Waals surface area contributed by atoms with Crippen molar-refractivity contribution in [1.29, 1.82) is 0 Å². The van der Waals surface area contributed by atoms with Crippen molar-refractivity contribution in [3.05, 3.63) is 41.3 Å². The van der Waals surface area contributed by atoms with E-state index in [4.69, 9.17) is 15.2 Å². The Hall–Kier alpha value is -2.02. The lowest BCUT2D eigenvalue weighted by molar-refractivity contribution is -0.137. The molecule has 1 aromatic carbocycles. The number of alkyl halides is 3. The Morgan fingerprint density at radius 3 is 2.68 bits per heavy atom. The molecule has 0 spiro atoms. The van der Waals surface area contributed by atoms with Gasteiger partial charge in [0.15, 0.2) is 12.0 Å². The number of nitrogens with two attached hydrogens (primary N) is 1. The number of carbonyl (C=O) groups excluding carboxylic acids is 1. The molecule has 0 radical (unpaired) electrons.